The van der Waals surface area contributed by atoms with Gasteiger partial charge in [-0.3, -0.25) is 4.79 Å². The number of ether oxygens (including phenoxy) is 1. The molecule has 1 amide bonds. The van der Waals surface area contributed by atoms with Gasteiger partial charge in [0.15, 0.2) is 0 Å². The SMILES string of the molecule is NS(=O)(=O)c1cc(Br)cc(C(=O)NC2CC3CCC2O3)c1. The van der Waals surface area contributed by atoms with Crippen molar-refractivity contribution < 1.29 is 17.9 Å². The van der Waals surface area contributed by atoms with Crippen LogP contribution in [0.2, 0.25) is 0 Å². The van der Waals surface area contributed by atoms with Crippen molar-refractivity contribution in [1.29, 1.82) is 0 Å². The summed E-state index contributed by atoms with van der Waals surface area (Å²) in [5.41, 5.74) is 0.260. The first kappa shape index (κ1) is 15.0. The molecule has 3 unspecified atom stereocenters. The Hall–Kier alpha value is -0.960. The Kier molecular flexibility index (Phi) is 3.81. The van der Waals surface area contributed by atoms with Crippen LogP contribution in [0.25, 0.3) is 0 Å². The van der Waals surface area contributed by atoms with Crippen molar-refractivity contribution in [3.8, 4) is 0 Å². The first-order valence-electron chi connectivity index (χ1n) is 6.62. The molecule has 3 atom stereocenters. The topological polar surface area (TPSA) is 98.5 Å². The Balaban J connectivity index is 1.80. The smallest absolute Gasteiger partial charge is 0.251 e. The lowest BCUT2D eigenvalue weighted by atomic mass is 9.95. The Morgan fingerprint density at radius 1 is 1.33 bits per heavy atom. The number of benzene rings is 1. The third-order valence-corrected chi connectivity index (χ3v) is 5.24. The molecule has 0 saturated carbocycles. The van der Waals surface area contributed by atoms with Gasteiger partial charge >= 0.3 is 0 Å². The van der Waals surface area contributed by atoms with E-state index >= 15 is 0 Å². The van der Waals surface area contributed by atoms with Gasteiger partial charge in [0.2, 0.25) is 10.0 Å². The van der Waals surface area contributed by atoms with Crippen LogP contribution in [0.1, 0.15) is 29.6 Å². The number of nitrogens with one attached hydrogen (secondary N) is 1. The van der Waals surface area contributed by atoms with Crippen molar-refractivity contribution in [2.45, 2.75) is 42.4 Å². The lowest BCUT2D eigenvalue weighted by Gasteiger charge is -2.20. The molecule has 8 heteroatoms. The van der Waals surface area contributed by atoms with Crippen molar-refractivity contribution in [3.05, 3.63) is 28.2 Å². The second-order valence-corrected chi connectivity index (χ2v) is 7.89. The lowest BCUT2D eigenvalue weighted by Crippen LogP contribution is -2.41. The number of sulfonamides is 1. The quantitative estimate of drug-likeness (QED) is 0.828. The van der Waals surface area contributed by atoms with E-state index in [-0.39, 0.29) is 34.6 Å². The molecule has 2 aliphatic heterocycles. The van der Waals surface area contributed by atoms with E-state index in [2.05, 4.69) is 21.2 Å². The molecule has 1 aromatic carbocycles. The first-order valence-corrected chi connectivity index (χ1v) is 8.96. The number of halogens is 1. The maximum atomic E-state index is 12.3. The molecule has 0 spiro atoms. The average molecular weight is 375 g/mol. The van der Waals surface area contributed by atoms with E-state index in [0.717, 1.165) is 19.3 Å². The van der Waals surface area contributed by atoms with E-state index in [1.807, 2.05) is 0 Å². The number of fused-ring (bicyclic) bond motifs is 2. The summed E-state index contributed by atoms with van der Waals surface area (Å²) in [6, 6.07) is 4.21. The van der Waals surface area contributed by atoms with Crippen LogP contribution in [-0.4, -0.2) is 32.6 Å². The fraction of sp³-hybridized carbons (Fsp3) is 0.462. The summed E-state index contributed by atoms with van der Waals surface area (Å²) >= 11 is 3.19. The number of carbonyl (C=O) groups excluding carboxylic acids is 1. The van der Waals surface area contributed by atoms with E-state index < -0.39 is 10.0 Å². The van der Waals surface area contributed by atoms with Gasteiger partial charge in [0, 0.05) is 10.0 Å². The molecule has 2 fully saturated rings. The third kappa shape index (κ3) is 3.13. The van der Waals surface area contributed by atoms with Gasteiger partial charge in [-0.2, -0.15) is 0 Å². The molecule has 6 nitrogen and oxygen atoms in total. The van der Waals surface area contributed by atoms with Gasteiger partial charge in [-0.25, -0.2) is 13.6 Å². The van der Waals surface area contributed by atoms with Crippen LogP contribution in [-0.2, 0) is 14.8 Å². The molecule has 2 heterocycles. The molecule has 0 aliphatic carbocycles. The van der Waals surface area contributed by atoms with Crippen molar-refractivity contribution in [2.24, 2.45) is 5.14 Å². The summed E-state index contributed by atoms with van der Waals surface area (Å²) in [5, 5.41) is 8.02. The molecule has 2 aliphatic rings. The number of hydrogen-bond acceptors (Lipinski definition) is 4. The Morgan fingerprint density at radius 3 is 2.67 bits per heavy atom. The number of nitrogens with two attached hydrogens (primary N) is 1. The van der Waals surface area contributed by atoms with Crippen LogP contribution >= 0.6 is 15.9 Å². The molecular formula is C13H15BrN2O4S. The highest BCUT2D eigenvalue weighted by atomic mass is 79.9. The van der Waals surface area contributed by atoms with Crippen LogP contribution in [0.5, 0.6) is 0 Å². The largest absolute Gasteiger partial charge is 0.373 e. The van der Waals surface area contributed by atoms with Gasteiger partial charge in [-0.1, -0.05) is 15.9 Å². The van der Waals surface area contributed by atoms with Crippen LogP contribution in [0.4, 0.5) is 0 Å². The van der Waals surface area contributed by atoms with Crippen molar-refractivity contribution >= 4 is 31.9 Å². The van der Waals surface area contributed by atoms with Crippen LogP contribution < -0.4 is 10.5 Å². The molecule has 3 N–H and O–H groups in total. The Morgan fingerprint density at radius 2 is 2.10 bits per heavy atom. The number of rotatable bonds is 3. The summed E-state index contributed by atoms with van der Waals surface area (Å²) in [4.78, 5) is 12.2. The molecule has 2 bridgehead atoms. The van der Waals surface area contributed by atoms with E-state index in [9.17, 15) is 13.2 Å². The van der Waals surface area contributed by atoms with Gasteiger partial charge in [0.25, 0.3) is 5.91 Å². The zero-order valence-electron chi connectivity index (χ0n) is 11.1. The minimum absolute atomic E-state index is 0.00633. The monoisotopic (exact) mass is 374 g/mol. The molecular weight excluding hydrogens is 360 g/mol. The van der Waals surface area contributed by atoms with E-state index in [1.165, 1.54) is 12.1 Å². The molecule has 21 heavy (non-hydrogen) atoms. The summed E-state index contributed by atoms with van der Waals surface area (Å²) in [7, 11) is -3.85. The van der Waals surface area contributed by atoms with Crippen molar-refractivity contribution in [2.75, 3.05) is 0 Å². The zero-order valence-corrected chi connectivity index (χ0v) is 13.5. The van der Waals surface area contributed by atoms with E-state index in [4.69, 9.17) is 9.88 Å². The first-order chi connectivity index (χ1) is 9.83. The van der Waals surface area contributed by atoms with Crippen LogP contribution in [0, 0.1) is 0 Å². The third-order valence-electron chi connectivity index (χ3n) is 3.88. The molecule has 0 radical (unpaired) electrons. The van der Waals surface area contributed by atoms with Gasteiger partial charge in [-0.05, 0) is 37.5 Å². The van der Waals surface area contributed by atoms with Gasteiger partial charge in [0.1, 0.15) is 0 Å². The number of carbonyl (C=O) groups is 1. The molecule has 0 aromatic heterocycles. The number of amides is 1. The summed E-state index contributed by atoms with van der Waals surface area (Å²) < 4.78 is 29.0. The second kappa shape index (κ2) is 5.35. The van der Waals surface area contributed by atoms with Crippen LogP contribution in [0.3, 0.4) is 0 Å². The highest BCUT2D eigenvalue weighted by Crippen LogP contribution is 2.34. The predicted octanol–water partition coefficient (Wildman–Crippen LogP) is 1.15. The Labute approximate surface area is 131 Å². The predicted molar refractivity (Wildman–Crippen MR) is 79.3 cm³/mol. The normalized spacial score (nSPS) is 27.8. The summed E-state index contributed by atoms with van der Waals surface area (Å²) in [5.74, 6) is -0.317. The molecule has 2 saturated heterocycles. The second-order valence-electron chi connectivity index (χ2n) is 5.41. The average Bonchev–Trinajstić information content (AvgIpc) is 2.99. The van der Waals surface area contributed by atoms with Gasteiger partial charge in [-0.15, -0.1) is 0 Å². The summed E-state index contributed by atoms with van der Waals surface area (Å²) in [6.45, 7) is 0. The fourth-order valence-corrected chi connectivity index (χ4v) is 4.13. The zero-order chi connectivity index (χ0) is 15.2. The van der Waals surface area contributed by atoms with Crippen molar-refractivity contribution in [3.63, 3.8) is 0 Å². The molecule has 1 aromatic rings. The van der Waals surface area contributed by atoms with E-state index in [1.54, 1.807) is 6.07 Å². The van der Waals surface area contributed by atoms with Crippen molar-refractivity contribution in [1.82, 2.24) is 5.32 Å². The number of hydrogen-bond donors (Lipinski definition) is 2. The maximum absolute atomic E-state index is 12.3. The standard InChI is InChI=1S/C13H15BrN2O4S/c14-8-3-7(4-10(5-8)21(15,18)19)13(17)16-11-6-9-1-2-12(11)20-9/h3-5,9,11-12H,1-2,6H2,(H,16,17)(H2,15,18,19). The minimum atomic E-state index is -3.85. The molecule has 114 valence electrons. The highest BCUT2D eigenvalue weighted by Gasteiger charge is 2.41. The van der Waals surface area contributed by atoms with E-state index in [0.29, 0.717) is 4.47 Å². The van der Waals surface area contributed by atoms with Crippen LogP contribution in [0.15, 0.2) is 27.6 Å². The van der Waals surface area contributed by atoms with Gasteiger partial charge in [0.05, 0.1) is 23.1 Å². The molecule has 3 rings (SSSR count). The maximum Gasteiger partial charge on any atom is 0.251 e. The fourth-order valence-electron chi connectivity index (χ4n) is 2.90. The minimum Gasteiger partial charge on any atom is -0.373 e. The number of primary sulfonamides is 1. The highest BCUT2D eigenvalue weighted by molar-refractivity contribution is 9.10. The van der Waals surface area contributed by atoms with Gasteiger partial charge < -0.3 is 10.1 Å². The summed E-state index contributed by atoms with van der Waals surface area (Å²) in [6.07, 6.45) is 3.12. The lowest BCUT2D eigenvalue weighted by molar-refractivity contribution is 0.0840. The Bertz CT molecular complexity index is 691.